The van der Waals surface area contributed by atoms with Crippen molar-refractivity contribution >= 4 is 23.5 Å². The van der Waals surface area contributed by atoms with Crippen LogP contribution >= 0.6 is 23.5 Å². The van der Waals surface area contributed by atoms with Crippen molar-refractivity contribution in [3.63, 3.8) is 0 Å². The molecule has 1 spiro atoms. The zero-order valence-corrected chi connectivity index (χ0v) is 8.78. The van der Waals surface area contributed by atoms with E-state index in [2.05, 4.69) is 42.7 Å². The molecule has 2 rings (SSSR count). The second kappa shape index (κ2) is 2.57. The van der Waals surface area contributed by atoms with Gasteiger partial charge >= 0.3 is 0 Å². The summed E-state index contributed by atoms with van der Waals surface area (Å²) in [5.41, 5.74) is 0.371. The third kappa shape index (κ3) is 1.56. The molecule has 0 saturated carbocycles. The smallest absolute Gasteiger partial charge is 0.0749 e. The molecule has 2 aliphatic heterocycles. The fourth-order valence-corrected chi connectivity index (χ4v) is 4.97. The molecule has 0 aromatic carbocycles. The van der Waals surface area contributed by atoms with Crippen LogP contribution in [0.1, 0.15) is 20.3 Å². The molecule has 1 nitrogen and oxygen atoms in total. The molecule has 1 N–H and O–H groups in total. The SMILES string of the molecule is CC1(C)CSC2(CCSC2)N1. The maximum absolute atomic E-state index is 3.75. The van der Waals surface area contributed by atoms with E-state index in [4.69, 9.17) is 0 Å². The highest BCUT2D eigenvalue weighted by atomic mass is 32.2. The van der Waals surface area contributed by atoms with Gasteiger partial charge in [-0.2, -0.15) is 11.8 Å². The number of hydrogen-bond acceptors (Lipinski definition) is 3. The van der Waals surface area contributed by atoms with Crippen molar-refractivity contribution in [2.75, 3.05) is 17.3 Å². The summed E-state index contributed by atoms with van der Waals surface area (Å²) in [6.45, 7) is 4.61. The highest BCUT2D eigenvalue weighted by molar-refractivity contribution is 8.04. The van der Waals surface area contributed by atoms with Gasteiger partial charge < -0.3 is 0 Å². The van der Waals surface area contributed by atoms with Gasteiger partial charge in [-0.25, -0.2) is 0 Å². The van der Waals surface area contributed by atoms with Gasteiger partial charge in [0.1, 0.15) is 0 Å². The summed E-state index contributed by atoms with van der Waals surface area (Å²) in [7, 11) is 0. The Balaban J connectivity index is 2.07. The van der Waals surface area contributed by atoms with E-state index in [0.717, 1.165) is 0 Å². The van der Waals surface area contributed by atoms with Gasteiger partial charge in [-0.05, 0) is 26.0 Å². The van der Waals surface area contributed by atoms with Crippen molar-refractivity contribution < 1.29 is 0 Å². The van der Waals surface area contributed by atoms with Crippen LogP contribution in [0.2, 0.25) is 0 Å². The summed E-state index contributed by atoms with van der Waals surface area (Å²) >= 11 is 4.21. The minimum absolute atomic E-state index is 0.371. The van der Waals surface area contributed by atoms with E-state index < -0.39 is 0 Å². The summed E-state index contributed by atoms with van der Waals surface area (Å²) in [5.74, 6) is 3.92. The molecule has 2 heterocycles. The summed E-state index contributed by atoms with van der Waals surface area (Å²) in [4.78, 5) is 0.453. The Bertz CT molecular complexity index is 161. The van der Waals surface area contributed by atoms with Crippen LogP contribution in [0.25, 0.3) is 0 Å². The van der Waals surface area contributed by atoms with E-state index in [-0.39, 0.29) is 0 Å². The summed E-state index contributed by atoms with van der Waals surface area (Å²) in [6, 6.07) is 0. The summed E-state index contributed by atoms with van der Waals surface area (Å²) in [5, 5.41) is 3.75. The van der Waals surface area contributed by atoms with Crippen molar-refractivity contribution in [2.24, 2.45) is 0 Å². The maximum Gasteiger partial charge on any atom is 0.0749 e. The minimum atomic E-state index is 0.371. The molecule has 0 aliphatic carbocycles. The van der Waals surface area contributed by atoms with Gasteiger partial charge in [0, 0.05) is 17.0 Å². The average Bonchev–Trinajstić information content (AvgIpc) is 2.43. The van der Waals surface area contributed by atoms with Crippen molar-refractivity contribution in [1.82, 2.24) is 5.32 Å². The predicted octanol–water partition coefficient (Wildman–Crippen LogP) is 1.93. The quantitative estimate of drug-likeness (QED) is 0.625. The largest absolute Gasteiger partial charge is 0.296 e. The van der Waals surface area contributed by atoms with Crippen molar-refractivity contribution in [3.05, 3.63) is 0 Å². The van der Waals surface area contributed by atoms with Crippen LogP contribution in [-0.4, -0.2) is 27.7 Å². The van der Waals surface area contributed by atoms with E-state index in [0.29, 0.717) is 10.4 Å². The first-order valence-corrected chi connectivity index (χ1v) is 6.27. The molecule has 11 heavy (non-hydrogen) atoms. The molecule has 0 radical (unpaired) electrons. The monoisotopic (exact) mass is 189 g/mol. The molecule has 0 aromatic heterocycles. The lowest BCUT2D eigenvalue weighted by molar-refractivity contribution is 0.386. The predicted molar refractivity (Wildman–Crippen MR) is 54.3 cm³/mol. The number of nitrogens with one attached hydrogen (secondary N) is 1. The number of rotatable bonds is 0. The highest BCUT2D eigenvalue weighted by Gasteiger charge is 2.44. The van der Waals surface area contributed by atoms with Crippen LogP contribution < -0.4 is 5.32 Å². The fourth-order valence-electron chi connectivity index (χ4n) is 1.77. The summed E-state index contributed by atoms with van der Waals surface area (Å²) in [6.07, 6.45) is 1.35. The lowest BCUT2D eigenvalue weighted by atomic mass is 10.1. The van der Waals surface area contributed by atoms with Gasteiger partial charge in [0.05, 0.1) is 4.87 Å². The Kier molecular flexibility index (Phi) is 1.93. The topological polar surface area (TPSA) is 12.0 Å². The Morgan fingerprint density at radius 2 is 2.09 bits per heavy atom. The molecule has 0 aromatic rings. The minimum Gasteiger partial charge on any atom is -0.296 e. The molecule has 1 atom stereocenters. The Hall–Kier alpha value is 0.660. The maximum atomic E-state index is 3.75. The van der Waals surface area contributed by atoms with E-state index in [9.17, 15) is 0 Å². The van der Waals surface area contributed by atoms with E-state index in [1.807, 2.05) is 0 Å². The molecular formula is C8H15NS2. The molecular weight excluding hydrogens is 174 g/mol. The molecule has 2 fully saturated rings. The van der Waals surface area contributed by atoms with Gasteiger partial charge in [0.15, 0.2) is 0 Å². The van der Waals surface area contributed by atoms with Crippen LogP contribution in [0.3, 0.4) is 0 Å². The molecule has 1 unspecified atom stereocenters. The Morgan fingerprint density at radius 3 is 2.55 bits per heavy atom. The zero-order valence-electron chi connectivity index (χ0n) is 7.14. The van der Waals surface area contributed by atoms with Crippen LogP contribution in [0.5, 0.6) is 0 Å². The number of thioether (sulfide) groups is 2. The first kappa shape index (κ1) is 8.27. The Morgan fingerprint density at radius 1 is 1.27 bits per heavy atom. The normalized spacial score (nSPS) is 42.0. The summed E-state index contributed by atoms with van der Waals surface area (Å²) < 4.78 is 0. The lowest BCUT2D eigenvalue weighted by Gasteiger charge is -2.26. The molecule has 2 aliphatic rings. The van der Waals surface area contributed by atoms with Crippen LogP contribution in [0, 0.1) is 0 Å². The standard InChI is InChI=1S/C8H15NS2/c1-7(2)5-11-8(9-7)3-4-10-6-8/h9H,3-6H2,1-2H3. The fraction of sp³-hybridized carbons (Fsp3) is 1.00. The first-order valence-electron chi connectivity index (χ1n) is 4.13. The van der Waals surface area contributed by atoms with Gasteiger partial charge in [-0.1, -0.05) is 0 Å². The van der Waals surface area contributed by atoms with E-state index in [1.54, 1.807) is 0 Å². The lowest BCUT2D eigenvalue weighted by Crippen LogP contribution is -2.47. The van der Waals surface area contributed by atoms with Crippen LogP contribution in [0.15, 0.2) is 0 Å². The first-order chi connectivity index (χ1) is 5.12. The molecule has 0 bridgehead atoms. The molecule has 0 amide bonds. The Labute approximate surface area is 77.1 Å². The van der Waals surface area contributed by atoms with Gasteiger partial charge in [0.25, 0.3) is 0 Å². The molecule has 2 saturated heterocycles. The number of hydrogen-bond donors (Lipinski definition) is 1. The highest BCUT2D eigenvalue weighted by Crippen LogP contribution is 2.44. The van der Waals surface area contributed by atoms with E-state index in [1.165, 1.54) is 23.7 Å². The molecule has 64 valence electrons. The second-order valence-corrected chi connectivity index (χ2v) is 6.56. The molecule has 3 heteroatoms. The third-order valence-electron chi connectivity index (χ3n) is 2.26. The van der Waals surface area contributed by atoms with Gasteiger partial charge in [-0.3, -0.25) is 5.32 Å². The van der Waals surface area contributed by atoms with E-state index >= 15 is 0 Å². The van der Waals surface area contributed by atoms with Crippen molar-refractivity contribution in [2.45, 2.75) is 30.7 Å². The van der Waals surface area contributed by atoms with Gasteiger partial charge in [0.2, 0.25) is 0 Å². The van der Waals surface area contributed by atoms with Crippen molar-refractivity contribution in [3.8, 4) is 0 Å². The average molecular weight is 189 g/mol. The van der Waals surface area contributed by atoms with Gasteiger partial charge in [-0.15, -0.1) is 11.8 Å². The van der Waals surface area contributed by atoms with Crippen LogP contribution in [-0.2, 0) is 0 Å². The van der Waals surface area contributed by atoms with Crippen LogP contribution in [0.4, 0.5) is 0 Å². The third-order valence-corrected chi connectivity index (χ3v) is 5.50. The zero-order chi connectivity index (χ0) is 7.95. The second-order valence-electron chi connectivity index (χ2n) is 4.09. The van der Waals surface area contributed by atoms with Crippen molar-refractivity contribution in [1.29, 1.82) is 0 Å².